The minimum Gasteiger partial charge on any atom is -0.481 e. The van der Waals surface area contributed by atoms with Crippen LogP contribution >= 0.6 is 11.6 Å². The fourth-order valence-electron chi connectivity index (χ4n) is 1.66. The molecule has 0 unspecified atom stereocenters. The van der Waals surface area contributed by atoms with E-state index in [0.29, 0.717) is 5.69 Å². The largest absolute Gasteiger partial charge is 0.481 e. The highest BCUT2D eigenvalue weighted by Gasteiger charge is 2.25. The summed E-state index contributed by atoms with van der Waals surface area (Å²) >= 11 is 5.76. The SMILES string of the molecule is COc1cc(Cl)nc(NS(=O)(=O)c2c(N)nn(C)c2C)n1. The summed E-state index contributed by atoms with van der Waals surface area (Å²) in [7, 11) is -1.03. The van der Waals surface area contributed by atoms with Crippen LogP contribution in [0.2, 0.25) is 5.15 Å². The van der Waals surface area contributed by atoms with Crippen molar-refractivity contribution in [1.29, 1.82) is 0 Å². The van der Waals surface area contributed by atoms with Crippen molar-refractivity contribution < 1.29 is 13.2 Å². The number of anilines is 2. The summed E-state index contributed by atoms with van der Waals surface area (Å²) in [5, 5.41) is 3.89. The maximum atomic E-state index is 12.4. The number of nitrogen functional groups attached to an aromatic ring is 1. The molecule has 11 heteroatoms. The molecule has 0 aliphatic heterocycles. The van der Waals surface area contributed by atoms with Gasteiger partial charge in [0, 0.05) is 13.1 Å². The molecular weight excluding hydrogens is 320 g/mol. The number of nitrogens with zero attached hydrogens (tertiary/aromatic N) is 4. The zero-order valence-electron chi connectivity index (χ0n) is 11.5. The molecule has 0 amide bonds. The van der Waals surface area contributed by atoms with Crippen molar-refractivity contribution >= 4 is 33.4 Å². The van der Waals surface area contributed by atoms with Gasteiger partial charge in [0.25, 0.3) is 10.0 Å². The molecule has 0 aromatic carbocycles. The van der Waals surface area contributed by atoms with Gasteiger partial charge in [-0.15, -0.1) is 0 Å². The van der Waals surface area contributed by atoms with E-state index in [1.165, 1.54) is 17.9 Å². The van der Waals surface area contributed by atoms with E-state index in [1.807, 2.05) is 0 Å². The lowest BCUT2D eigenvalue weighted by molar-refractivity contribution is 0.397. The summed E-state index contributed by atoms with van der Waals surface area (Å²) in [6.07, 6.45) is 0. The minimum absolute atomic E-state index is 0.0374. The van der Waals surface area contributed by atoms with Gasteiger partial charge in [-0.1, -0.05) is 11.6 Å². The molecule has 0 saturated carbocycles. The fourth-order valence-corrected chi connectivity index (χ4v) is 3.11. The molecule has 21 heavy (non-hydrogen) atoms. The fraction of sp³-hybridized carbons (Fsp3) is 0.300. The molecule has 2 aromatic rings. The van der Waals surface area contributed by atoms with Gasteiger partial charge in [-0.3, -0.25) is 4.68 Å². The Morgan fingerprint density at radius 2 is 2.10 bits per heavy atom. The number of methoxy groups -OCH3 is 1. The first-order valence-corrected chi connectivity index (χ1v) is 7.51. The molecule has 0 radical (unpaired) electrons. The highest BCUT2D eigenvalue weighted by molar-refractivity contribution is 7.93. The number of ether oxygens (including phenoxy) is 1. The standard InChI is InChI=1S/C10H13ClN6O3S/c1-5-8(9(12)15-17(5)2)21(18,19)16-10-13-6(11)4-7(14-10)20-3/h4H,1-3H3,(H2,12,15)(H,13,14,16). The number of nitrogens with two attached hydrogens (primary N) is 1. The van der Waals surface area contributed by atoms with E-state index in [0.717, 1.165) is 0 Å². The molecular formula is C10H13ClN6O3S. The van der Waals surface area contributed by atoms with Gasteiger partial charge in [0.2, 0.25) is 11.8 Å². The van der Waals surface area contributed by atoms with Crippen LogP contribution in [0.5, 0.6) is 5.88 Å². The number of sulfonamides is 1. The van der Waals surface area contributed by atoms with Crippen LogP contribution in [0.15, 0.2) is 11.0 Å². The predicted octanol–water partition coefficient (Wildman–Crippen LogP) is 0.564. The van der Waals surface area contributed by atoms with Crippen LogP contribution < -0.4 is 15.2 Å². The van der Waals surface area contributed by atoms with Crippen molar-refractivity contribution in [1.82, 2.24) is 19.7 Å². The Morgan fingerprint density at radius 3 is 2.62 bits per heavy atom. The summed E-state index contributed by atoms with van der Waals surface area (Å²) in [4.78, 5) is 7.50. The Balaban J connectivity index is 2.44. The molecule has 2 heterocycles. The van der Waals surface area contributed by atoms with Crippen LogP contribution in [-0.4, -0.2) is 35.3 Å². The monoisotopic (exact) mass is 332 g/mol. The third kappa shape index (κ3) is 3.00. The van der Waals surface area contributed by atoms with Gasteiger partial charge in [0.1, 0.15) is 5.15 Å². The minimum atomic E-state index is -3.99. The van der Waals surface area contributed by atoms with Gasteiger partial charge in [-0.25, -0.2) is 18.1 Å². The Morgan fingerprint density at radius 1 is 1.43 bits per heavy atom. The van der Waals surface area contributed by atoms with E-state index in [9.17, 15) is 8.42 Å². The second-order valence-corrected chi connectivity index (χ2v) is 6.09. The molecule has 9 nitrogen and oxygen atoms in total. The van der Waals surface area contributed by atoms with E-state index in [1.54, 1.807) is 14.0 Å². The summed E-state index contributed by atoms with van der Waals surface area (Å²) in [6, 6.07) is 1.35. The van der Waals surface area contributed by atoms with Crippen molar-refractivity contribution in [2.75, 3.05) is 17.6 Å². The second-order valence-electron chi connectivity index (χ2n) is 4.09. The summed E-state index contributed by atoms with van der Waals surface area (Å²) < 4.78 is 33.2. The first-order chi connectivity index (χ1) is 9.74. The first-order valence-electron chi connectivity index (χ1n) is 5.65. The van der Waals surface area contributed by atoms with Crippen LogP contribution in [0.1, 0.15) is 5.69 Å². The molecule has 0 fully saturated rings. The van der Waals surface area contributed by atoms with Crippen molar-refractivity contribution in [2.24, 2.45) is 7.05 Å². The highest BCUT2D eigenvalue weighted by atomic mass is 35.5. The van der Waals surface area contributed by atoms with E-state index >= 15 is 0 Å². The number of hydrogen-bond acceptors (Lipinski definition) is 7. The molecule has 2 rings (SSSR count). The summed E-state index contributed by atoms with van der Waals surface area (Å²) in [5.41, 5.74) is 6.01. The molecule has 0 aliphatic rings. The van der Waals surface area contributed by atoms with Crippen molar-refractivity contribution in [3.8, 4) is 5.88 Å². The lowest BCUT2D eigenvalue weighted by Gasteiger charge is -2.08. The van der Waals surface area contributed by atoms with Gasteiger partial charge in [0.05, 0.1) is 12.8 Å². The number of halogens is 1. The van der Waals surface area contributed by atoms with Crippen LogP contribution in [-0.2, 0) is 17.1 Å². The number of nitrogens with one attached hydrogen (secondary N) is 1. The van der Waals surface area contributed by atoms with Gasteiger partial charge >= 0.3 is 0 Å². The van der Waals surface area contributed by atoms with Crippen LogP contribution in [0.4, 0.5) is 11.8 Å². The Bertz CT molecular complexity index is 788. The van der Waals surface area contributed by atoms with Crippen LogP contribution in [0.3, 0.4) is 0 Å². The Labute approximate surface area is 126 Å². The van der Waals surface area contributed by atoms with Gasteiger partial charge in [-0.2, -0.15) is 10.1 Å². The lowest BCUT2D eigenvalue weighted by Crippen LogP contribution is -2.17. The van der Waals surface area contributed by atoms with Crippen LogP contribution in [0, 0.1) is 6.92 Å². The molecule has 0 saturated heterocycles. The smallest absolute Gasteiger partial charge is 0.269 e. The summed E-state index contributed by atoms with van der Waals surface area (Å²) in [6.45, 7) is 1.58. The summed E-state index contributed by atoms with van der Waals surface area (Å²) in [5.74, 6) is -0.206. The van der Waals surface area contributed by atoms with E-state index in [4.69, 9.17) is 22.1 Å². The molecule has 114 valence electrons. The molecule has 3 N–H and O–H groups in total. The third-order valence-corrected chi connectivity index (χ3v) is 4.37. The molecule has 0 aliphatic carbocycles. The quantitative estimate of drug-likeness (QED) is 0.783. The molecule has 0 spiro atoms. The number of hydrogen-bond donors (Lipinski definition) is 2. The molecule has 0 bridgehead atoms. The average molecular weight is 333 g/mol. The van der Waals surface area contributed by atoms with Gasteiger partial charge in [0.15, 0.2) is 10.7 Å². The van der Waals surface area contributed by atoms with Gasteiger partial charge < -0.3 is 10.5 Å². The maximum absolute atomic E-state index is 12.4. The molecule has 2 aromatic heterocycles. The third-order valence-electron chi connectivity index (χ3n) is 2.68. The lowest BCUT2D eigenvalue weighted by atomic mass is 10.5. The van der Waals surface area contributed by atoms with Gasteiger partial charge in [-0.05, 0) is 6.92 Å². The Hall–Kier alpha value is -2.07. The van der Waals surface area contributed by atoms with E-state index in [2.05, 4.69) is 19.8 Å². The number of aryl methyl sites for hydroxylation is 1. The predicted molar refractivity (Wildman–Crippen MR) is 76.8 cm³/mol. The van der Waals surface area contributed by atoms with E-state index < -0.39 is 10.0 Å². The Kier molecular flexibility index (Phi) is 3.92. The number of aromatic nitrogens is 4. The highest BCUT2D eigenvalue weighted by Crippen LogP contribution is 2.24. The molecule has 0 atom stereocenters. The topological polar surface area (TPSA) is 125 Å². The maximum Gasteiger partial charge on any atom is 0.269 e. The van der Waals surface area contributed by atoms with Crippen molar-refractivity contribution in [2.45, 2.75) is 11.8 Å². The normalized spacial score (nSPS) is 11.4. The zero-order valence-corrected chi connectivity index (χ0v) is 13.0. The first kappa shape index (κ1) is 15.3. The van der Waals surface area contributed by atoms with Crippen LogP contribution in [0.25, 0.3) is 0 Å². The second kappa shape index (κ2) is 5.37. The zero-order chi connectivity index (χ0) is 15.8. The van der Waals surface area contributed by atoms with E-state index in [-0.39, 0.29) is 27.7 Å². The van der Waals surface area contributed by atoms with Crippen molar-refractivity contribution in [3.63, 3.8) is 0 Å². The number of rotatable bonds is 4. The van der Waals surface area contributed by atoms with Crippen molar-refractivity contribution in [3.05, 3.63) is 16.9 Å². The average Bonchev–Trinajstić information content (AvgIpc) is 2.62.